The fourth-order valence-corrected chi connectivity index (χ4v) is 2.05. The van der Waals surface area contributed by atoms with Gasteiger partial charge < -0.3 is 5.32 Å². The molecule has 0 aliphatic heterocycles. The monoisotopic (exact) mass is 291 g/mol. The van der Waals surface area contributed by atoms with Crippen molar-refractivity contribution >= 4 is 21.7 Å². The zero-order valence-corrected chi connectivity index (χ0v) is 11.4. The van der Waals surface area contributed by atoms with Crippen LogP contribution in [0.4, 0.5) is 5.82 Å². The van der Waals surface area contributed by atoms with E-state index >= 15 is 0 Å². The highest BCUT2D eigenvalue weighted by atomic mass is 79.9. The Balaban J connectivity index is 2.16. The zero-order valence-electron chi connectivity index (χ0n) is 9.81. The molecular formula is C13H14BrN3. The Bertz CT molecular complexity index is 499. The summed E-state index contributed by atoms with van der Waals surface area (Å²) in [5, 5.41) is 3.36. The predicted octanol–water partition coefficient (Wildman–Crippen LogP) is 3.72. The average Bonchev–Trinajstić information content (AvgIpc) is 2.34. The molecule has 2 aromatic heterocycles. The Morgan fingerprint density at radius 1 is 1.29 bits per heavy atom. The summed E-state index contributed by atoms with van der Waals surface area (Å²) in [4.78, 5) is 8.68. The Morgan fingerprint density at radius 3 is 2.76 bits per heavy atom. The van der Waals surface area contributed by atoms with Gasteiger partial charge in [0, 0.05) is 16.9 Å². The minimum Gasteiger partial charge on any atom is -0.362 e. The second-order valence-electron chi connectivity index (χ2n) is 3.94. The lowest BCUT2D eigenvalue weighted by molar-refractivity contribution is 0.829. The number of aromatic nitrogens is 2. The molecule has 3 nitrogen and oxygen atoms in total. The molecule has 2 rings (SSSR count). The van der Waals surface area contributed by atoms with Gasteiger partial charge in [0.2, 0.25) is 0 Å². The molecule has 0 fully saturated rings. The van der Waals surface area contributed by atoms with E-state index in [1.165, 1.54) is 0 Å². The van der Waals surface area contributed by atoms with Gasteiger partial charge in [-0.1, -0.05) is 6.07 Å². The van der Waals surface area contributed by atoms with Crippen molar-refractivity contribution in [2.45, 2.75) is 19.9 Å². The largest absolute Gasteiger partial charge is 0.362 e. The number of hydrogen-bond acceptors (Lipinski definition) is 3. The first-order valence-corrected chi connectivity index (χ1v) is 6.25. The smallest absolute Gasteiger partial charge is 0.129 e. The molecule has 0 aliphatic rings. The minimum atomic E-state index is 0.142. The maximum Gasteiger partial charge on any atom is 0.129 e. The van der Waals surface area contributed by atoms with Gasteiger partial charge in [-0.25, -0.2) is 4.98 Å². The lowest BCUT2D eigenvalue weighted by atomic mass is 10.2. The van der Waals surface area contributed by atoms with Gasteiger partial charge in [-0.05, 0) is 53.5 Å². The molecule has 1 atom stereocenters. The van der Waals surface area contributed by atoms with E-state index in [9.17, 15) is 0 Å². The zero-order chi connectivity index (χ0) is 12.3. The summed E-state index contributed by atoms with van der Waals surface area (Å²) >= 11 is 3.40. The molecule has 4 heteroatoms. The van der Waals surface area contributed by atoms with E-state index in [1.54, 1.807) is 12.4 Å². The van der Waals surface area contributed by atoms with Crippen LogP contribution < -0.4 is 5.32 Å². The molecule has 2 heterocycles. The lowest BCUT2D eigenvalue weighted by Crippen LogP contribution is -2.10. The molecule has 0 amide bonds. The first-order chi connectivity index (χ1) is 8.16. The maximum atomic E-state index is 4.36. The third-order valence-electron chi connectivity index (χ3n) is 2.53. The van der Waals surface area contributed by atoms with Crippen molar-refractivity contribution in [3.8, 4) is 0 Å². The molecule has 0 bridgehead atoms. The summed E-state index contributed by atoms with van der Waals surface area (Å²) in [6.45, 7) is 4.11. The van der Waals surface area contributed by atoms with Gasteiger partial charge in [0.25, 0.3) is 0 Å². The highest BCUT2D eigenvalue weighted by molar-refractivity contribution is 9.10. The van der Waals surface area contributed by atoms with Crippen molar-refractivity contribution in [1.29, 1.82) is 0 Å². The van der Waals surface area contributed by atoms with Crippen LogP contribution in [0, 0.1) is 6.92 Å². The Kier molecular flexibility index (Phi) is 3.74. The van der Waals surface area contributed by atoms with Crippen LogP contribution >= 0.6 is 15.9 Å². The van der Waals surface area contributed by atoms with Gasteiger partial charge in [0.05, 0.1) is 11.7 Å². The number of nitrogens with one attached hydrogen (secondary N) is 1. The van der Waals surface area contributed by atoms with Gasteiger partial charge in [-0.2, -0.15) is 0 Å². The number of halogens is 1. The van der Waals surface area contributed by atoms with Crippen LogP contribution in [0.3, 0.4) is 0 Å². The summed E-state index contributed by atoms with van der Waals surface area (Å²) in [7, 11) is 0. The Labute approximate surface area is 109 Å². The fraction of sp³-hybridized carbons (Fsp3) is 0.231. The third-order valence-corrected chi connectivity index (χ3v) is 2.96. The van der Waals surface area contributed by atoms with Gasteiger partial charge in [0.15, 0.2) is 0 Å². The number of nitrogens with zero attached hydrogens (tertiary/aromatic N) is 2. The summed E-state index contributed by atoms with van der Waals surface area (Å²) in [6.07, 6.45) is 3.59. The van der Waals surface area contributed by atoms with Crippen LogP contribution in [0.25, 0.3) is 0 Å². The second-order valence-corrected chi connectivity index (χ2v) is 4.86. The van der Waals surface area contributed by atoms with Crippen LogP contribution in [0.1, 0.15) is 24.2 Å². The molecule has 0 spiro atoms. The highest BCUT2D eigenvalue weighted by Crippen LogP contribution is 2.21. The molecule has 0 saturated carbocycles. The second kappa shape index (κ2) is 5.27. The van der Waals surface area contributed by atoms with E-state index in [2.05, 4.69) is 38.1 Å². The number of rotatable bonds is 3. The summed E-state index contributed by atoms with van der Waals surface area (Å²) in [6, 6.07) is 8.09. The van der Waals surface area contributed by atoms with Gasteiger partial charge in [-0.3, -0.25) is 4.98 Å². The third kappa shape index (κ3) is 3.03. The van der Waals surface area contributed by atoms with E-state index in [0.717, 1.165) is 21.5 Å². The molecular weight excluding hydrogens is 278 g/mol. The van der Waals surface area contributed by atoms with Crippen molar-refractivity contribution in [2.24, 2.45) is 0 Å². The molecule has 88 valence electrons. The van der Waals surface area contributed by atoms with Crippen molar-refractivity contribution in [3.05, 3.63) is 52.4 Å². The van der Waals surface area contributed by atoms with Crippen LogP contribution in [0.2, 0.25) is 0 Å². The van der Waals surface area contributed by atoms with E-state index in [1.807, 2.05) is 31.2 Å². The minimum absolute atomic E-state index is 0.142. The fourth-order valence-electron chi connectivity index (χ4n) is 1.60. The van der Waals surface area contributed by atoms with Crippen LogP contribution in [-0.4, -0.2) is 9.97 Å². The highest BCUT2D eigenvalue weighted by Gasteiger charge is 2.08. The van der Waals surface area contributed by atoms with Crippen molar-refractivity contribution < 1.29 is 0 Å². The predicted molar refractivity (Wildman–Crippen MR) is 72.9 cm³/mol. The maximum absolute atomic E-state index is 4.36. The average molecular weight is 292 g/mol. The molecule has 0 aliphatic carbocycles. The van der Waals surface area contributed by atoms with Crippen LogP contribution in [0.15, 0.2) is 41.1 Å². The van der Waals surface area contributed by atoms with Crippen LogP contribution in [0.5, 0.6) is 0 Å². The van der Waals surface area contributed by atoms with E-state index < -0.39 is 0 Å². The van der Waals surface area contributed by atoms with Crippen molar-refractivity contribution in [2.75, 3.05) is 5.32 Å². The first-order valence-electron chi connectivity index (χ1n) is 5.46. The number of pyridine rings is 2. The first kappa shape index (κ1) is 12.0. The molecule has 0 aromatic carbocycles. The molecule has 0 radical (unpaired) electrons. The van der Waals surface area contributed by atoms with E-state index in [0.29, 0.717) is 0 Å². The summed E-state index contributed by atoms with van der Waals surface area (Å²) < 4.78 is 0.992. The van der Waals surface area contributed by atoms with E-state index in [4.69, 9.17) is 0 Å². The molecule has 2 aromatic rings. The van der Waals surface area contributed by atoms with E-state index in [-0.39, 0.29) is 6.04 Å². The molecule has 17 heavy (non-hydrogen) atoms. The van der Waals surface area contributed by atoms with Crippen molar-refractivity contribution in [1.82, 2.24) is 9.97 Å². The Hall–Kier alpha value is -1.42. The SMILES string of the molecule is Cc1cc(Br)cnc1NC(C)c1ccccn1. The lowest BCUT2D eigenvalue weighted by Gasteiger charge is -2.15. The Morgan fingerprint density at radius 2 is 2.12 bits per heavy atom. The normalized spacial score (nSPS) is 12.2. The standard InChI is InChI=1S/C13H14BrN3/c1-9-7-11(14)8-16-13(9)17-10(2)12-5-3-4-6-15-12/h3-8,10H,1-2H3,(H,16,17). The van der Waals surface area contributed by atoms with Gasteiger partial charge >= 0.3 is 0 Å². The molecule has 0 saturated heterocycles. The summed E-state index contributed by atoms with van der Waals surface area (Å²) in [5.41, 5.74) is 2.12. The van der Waals surface area contributed by atoms with Crippen LogP contribution in [-0.2, 0) is 0 Å². The number of hydrogen-bond donors (Lipinski definition) is 1. The number of aryl methyl sites for hydroxylation is 1. The van der Waals surface area contributed by atoms with Crippen molar-refractivity contribution in [3.63, 3.8) is 0 Å². The summed E-state index contributed by atoms with van der Waals surface area (Å²) in [5.74, 6) is 0.895. The van der Waals surface area contributed by atoms with Gasteiger partial charge in [-0.15, -0.1) is 0 Å². The van der Waals surface area contributed by atoms with Gasteiger partial charge in [0.1, 0.15) is 5.82 Å². The molecule has 1 N–H and O–H groups in total. The molecule has 1 unspecified atom stereocenters. The topological polar surface area (TPSA) is 37.8 Å². The quantitative estimate of drug-likeness (QED) is 0.937. The number of anilines is 1.